The predicted octanol–water partition coefficient (Wildman–Crippen LogP) is 2.70. The third kappa shape index (κ3) is 2.65. The molecule has 4 rings (SSSR count). The van der Waals surface area contributed by atoms with E-state index in [1.54, 1.807) is 12.5 Å². The minimum Gasteiger partial charge on any atom is -0.338 e. The van der Waals surface area contributed by atoms with E-state index >= 15 is 0 Å². The van der Waals surface area contributed by atoms with Crippen LogP contribution in [0.4, 0.5) is 0 Å². The molecule has 0 radical (unpaired) electrons. The number of imidazole rings is 1. The number of piperidine rings is 1. The molecule has 2 saturated heterocycles. The number of carbonyl (C=O) groups is 1. The average Bonchev–Trinajstić information content (AvgIpc) is 3.08. The van der Waals surface area contributed by atoms with Crippen LogP contribution in [0.2, 0.25) is 0 Å². The zero-order valence-electron chi connectivity index (χ0n) is 12.4. The molecule has 5 heteroatoms. The molecule has 2 fully saturated rings. The Kier molecular flexibility index (Phi) is 3.66. The molecule has 1 amide bonds. The van der Waals surface area contributed by atoms with Crippen molar-refractivity contribution in [2.24, 2.45) is 11.8 Å². The van der Waals surface area contributed by atoms with Gasteiger partial charge in [0.1, 0.15) is 0 Å². The fourth-order valence-corrected chi connectivity index (χ4v) is 4.78. The van der Waals surface area contributed by atoms with Crippen molar-refractivity contribution in [3.05, 3.63) is 48.5 Å². The molecule has 2 atom stereocenters. The number of hydrogen-bond acceptors (Lipinski definition) is 3. The van der Waals surface area contributed by atoms with Crippen LogP contribution in [0.25, 0.3) is 5.69 Å². The van der Waals surface area contributed by atoms with Crippen LogP contribution in [0.5, 0.6) is 0 Å². The number of hydrogen-bond donors (Lipinski definition) is 0. The van der Waals surface area contributed by atoms with E-state index in [1.807, 2.05) is 35.0 Å². The predicted molar refractivity (Wildman–Crippen MR) is 88.4 cm³/mol. The van der Waals surface area contributed by atoms with Crippen molar-refractivity contribution in [1.29, 1.82) is 0 Å². The quantitative estimate of drug-likeness (QED) is 0.855. The standard InChI is InChI=1S/C17H19N3OS/c21-17(20-8-13-7-14(9-20)11-22-10-13)15-1-3-16(4-2-15)19-6-5-18-12-19/h1-6,12-14H,7-11H2/t13-,14+. The molecule has 0 spiro atoms. The average molecular weight is 313 g/mol. The number of amides is 1. The minimum absolute atomic E-state index is 0.179. The number of fused-ring (bicyclic) bond motifs is 2. The first-order valence-electron chi connectivity index (χ1n) is 7.75. The van der Waals surface area contributed by atoms with Crippen LogP contribution in [-0.4, -0.2) is 45.0 Å². The van der Waals surface area contributed by atoms with E-state index in [-0.39, 0.29) is 5.91 Å². The molecule has 2 aromatic rings. The Hall–Kier alpha value is -1.75. The highest BCUT2D eigenvalue weighted by molar-refractivity contribution is 7.99. The van der Waals surface area contributed by atoms with Crippen molar-refractivity contribution < 1.29 is 4.79 Å². The van der Waals surface area contributed by atoms with Gasteiger partial charge in [-0.05, 0) is 54.0 Å². The van der Waals surface area contributed by atoms with E-state index in [0.717, 1.165) is 24.3 Å². The van der Waals surface area contributed by atoms with Crippen LogP contribution < -0.4 is 0 Å². The highest BCUT2D eigenvalue weighted by Crippen LogP contribution is 2.33. The fourth-order valence-electron chi connectivity index (χ4n) is 3.50. The smallest absolute Gasteiger partial charge is 0.253 e. The maximum absolute atomic E-state index is 12.7. The number of nitrogens with zero attached hydrogens (tertiary/aromatic N) is 3. The lowest BCUT2D eigenvalue weighted by Gasteiger charge is -2.41. The van der Waals surface area contributed by atoms with E-state index in [0.29, 0.717) is 11.8 Å². The number of thioether (sulfide) groups is 1. The van der Waals surface area contributed by atoms with Gasteiger partial charge in [-0.3, -0.25) is 4.79 Å². The summed E-state index contributed by atoms with van der Waals surface area (Å²) < 4.78 is 1.94. The van der Waals surface area contributed by atoms with Crippen molar-refractivity contribution in [2.45, 2.75) is 6.42 Å². The fraction of sp³-hybridized carbons (Fsp3) is 0.412. The van der Waals surface area contributed by atoms with Gasteiger partial charge in [-0.1, -0.05) is 0 Å². The van der Waals surface area contributed by atoms with Gasteiger partial charge >= 0.3 is 0 Å². The van der Waals surface area contributed by atoms with Crippen LogP contribution in [0.3, 0.4) is 0 Å². The lowest BCUT2D eigenvalue weighted by atomic mass is 9.90. The number of benzene rings is 1. The molecular weight excluding hydrogens is 294 g/mol. The number of rotatable bonds is 2. The zero-order chi connectivity index (χ0) is 14.9. The molecule has 0 aliphatic carbocycles. The summed E-state index contributed by atoms with van der Waals surface area (Å²) in [5.41, 5.74) is 1.82. The molecule has 2 aliphatic heterocycles. The first kappa shape index (κ1) is 13.9. The summed E-state index contributed by atoms with van der Waals surface area (Å²) >= 11 is 2.05. The first-order chi connectivity index (χ1) is 10.8. The molecule has 0 saturated carbocycles. The van der Waals surface area contributed by atoms with Crippen LogP contribution in [0.15, 0.2) is 43.0 Å². The Morgan fingerprint density at radius 3 is 2.50 bits per heavy atom. The Labute approximate surface area is 134 Å². The SMILES string of the molecule is O=C(c1ccc(-n2ccnc2)cc1)N1C[C@@H]2CSC[C@@H](C2)C1. The summed E-state index contributed by atoms with van der Waals surface area (Å²) in [7, 11) is 0. The van der Waals surface area contributed by atoms with Crippen molar-refractivity contribution >= 4 is 17.7 Å². The van der Waals surface area contributed by atoms with Crippen molar-refractivity contribution in [3.63, 3.8) is 0 Å². The van der Waals surface area contributed by atoms with E-state index < -0.39 is 0 Å². The summed E-state index contributed by atoms with van der Waals surface area (Å²) in [6.07, 6.45) is 6.72. The Morgan fingerprint density at radius 2 is 1.86 bits per heavy atom. The number of carbonyl (C=O) groups excluding carboxylic acids is 1. The van der Waals surface area contributed by atoms with Crippen molar-refractivity contribution in [1.82, 2.24) is 14.5 Å². The first-order valence-corrected chi connectivity index (χ1v) is 8.90. The highest BCUT2D eigenvalue weighted by Gasteiger charge is 2.33. The second-order valence-corrected chi connectivity index (χ2v) is 7.31. The van der Waals surface area contributed by atoms with Gasteiger partial charge in [0.05, 0.1) is 6.33 Å². The Balaban J connectivity index is 1.50. The molecule has 0 N–H and O–H groups in total. The van der Waals surface area contributed by atoms with Gasteiger partial charge in [0.2, 0.25) is 0 Å². The van der Waals surface area contributed by atoms with Gasteiger partial charge in [-0.15, -0.1) is 0 Å². The van der Waals surface area contributed by atoms with Gasteiger partial charge in [-0.25, -0.2) is 4.98 Å². The topological polar surface area (TPSA) is 38.1 Å². The van der Waals surface area contributed by atoms with Crippen LogP contribution >= 0.6 is 11.8 Å². The number of aromatic nitrogens is 2. The molecular formula is C17H19N3OS. The summed E-state index contributed by atoms with van der Waals surface area (Å²) in [5, 5.41) is 0. The highest BCUT2D eigenvalue weighted by atomic mass is 32.2. The molecule has 1 aromatic heterocycles. The van der Waals surface area contributed by atoms with E-state index in [2.05, 4.69) is 21.6 Å². The monoisotopic (exact) mass is 313 g/mol. The molecule has 1 aromatic carbocycles. The minimum atomic E-state index is 0.179. The Morgan fingerprint density at radius 1 is 1.14 bits per heavy atom. The molecule has 4 nitrogen and oxygen atoms in total. The summed E-state index contributed by atoms with van der Waals surface area (Å²) in [6, 6.07) is 7.82. The lowest BCUT2D eigenvalue weighted by molar-refractivity contribution is 0.0622. The molecule has 2 aliphatic rings. The second kappa shape index (κ2) is 5.80. The van der Waals surface area contributed by atoms with Crippen molar-refractivity contribution in [2.75, 3.05) is 24.6 Å². The number of likely N-dealkylation sites (tertiary alicyclic amines) is 1. The van der Waals surface area contributed by atoms with E-state index in [9.17, 15) is 4.79 Å². The normalized spacial score (nSPS) is 24.3. The molecule has 0 unspecified atom stereocenters. The molecule has 3 heterocycles. The maximum Gasteiger partial charge on any atom is 0.253 e. The van der Waals surface area contributed by atoms with E-state index in [4.69, 9.17) is 0 Å². The zero-order valence-corrected chi connectivity index (χ0v) is 13.2. The van der Waals surface area contributed by atoms with E-state index in [1.165, 1.54) is 17.9 Å². The second-order valence-electron chi connectivity index (χ2n) is 6.23. The Bertz CT molecular complexity index is 641. The van der Waals surface area contributed by atoms with Gasteiger partial charge in [0.25, 0.3) is 5.91 Å². The van der Waals surface area contributed by atoms with Crippen LogP contribution in [0.1, 0.15) is 16.8 Å². The molecule has 2 bridgehead atoms. The maximum atomic E-state index is 12.7. The van der Waals surface area contributed by atoms with Crippen LogP contribution in [0, 0.1) is 11.8 Å². The third-order valence-electron chi connectivity index (χ3n) is 4.53. The molecule has 114 valence electrons. The largest absolute Gasteiger partial charge is 0.338 e. The summed E-state index contributed by atoms with van der Waals surface area (Å²) in [6.45, 7) is 1.84. The van der Waals surface area contributed by atoms with Gasteiger partial charge < -0.3 is 9.47 Å². The molecule has 22 heavy (non-hydrogen) atoms. The van der Waals surface area contributed by atoms with Crippen LogP contribution in [-0.2, 0) is 0 Å². The van der Waals surface area contributed by atoms with Gasteiger partial charge in [0, 0.05) is 36.7 Å². The third-order valence-corrected chi connectivity index (χ3v) is 5.95. The van der Waals surface area contributed by atoms with Gasteiger partial charge in [0.15, 0.2) is 0 Å². The summed E-state index contributed by atoms with van der Waals surface area (Å²) in [4.78, 5) is 18.8. The lowest BCUT2D eigenvalue weighted by Crippen LogP contribution is -2.47. The van der Waals surface area contributed by atoms with Gasteiger partial charge in [-0.2, -0.15) is 11.8 Å². The summed E-state index contributed by atoms with van der Waals surface area (Å²) in [5.74, 6) is 3.97. The van der Waals surface area contributed by atoms with Crippen molar-refractivity contribution in [3.8, 4) is 5.69 Å².